The first-order valence-corrected chi connectivity index (χ1v) is 8.10. The zero-order valence-corrected chi connectivity index (χ0v) is 13.7. The zero-order valence-electron chi connectivity index (χ0n) is 12.8. The number of benzene rings is 1. The lowest BCUT2D eigenvalue weighted by atomic mass is 10.2. The minimum Gasteiger partial charge on any atom is -0.487 e. The van der Waals surface area contributed by atoms with E-state index in [1.54, 1.807) is 23.5 Å². The summed E-state index contributed by atoms with van der Waals surface area (Å²) in [7, 11) is 0. The van der Waals surface area contributed by atoms with Gasteiger partial charge in [-0.05, 0) is 38.5 Å². The maximum Gasteiger partial charge on any atom is 0.251 e. The van der Waals surface area contributed by atoms with Crippen LogP contribution in [0.15, 0.2) is 29.6 Å². The molecule has 2 aromatic rings. The zero-order chi connectivity index (χ0) is 15.9. The van der Waals surface area contributed by atoms with Crippen molar-refractivity contribution in [2.45, 2.75) is 32.9 Å². The summed E-state index contributed by atoms with van der Waals surface area (Å²) in [6.07, 6.45) is 0.755. The number of rotatable bonds is 7. The maximum atomic E-state index is 12.0. The highest BCUT2D eigenvalue weighted by Gasteiger charge is 2.07. The predicted molar refractivity (Wildman–Crippen MR) is 88.2 cm³/mol. The Morgan fingerprint density at radius 2 is 2.32 bits per heavy atom. The summed E-state index contributed by atoms with van der Waals surface area (Å²) in [6, 6.07) is 7.22. The number of carbonyl (C=O) groups excluding carboxylic acids is 1. The van der Waals surface area contributed by atoms with Crippen LogP contribution < -0.4 is 15.8 Å². The van der Waals surface area contributed by atoms with Crippen LogP contribution in [-0.2, 0) is 6.61 Å². The molecule has 1 aromatic carbocycles. The van der Waals surface area contributed by atoms with Gasteiger partial charge in [-0.15, -0.1) is 11.3 Å². The van der Waals surface area contributed by atoms with Crippen molar-refractivity contribution in [2.75, 3.05) is 6.54 Å². The Hall–Kier alpha value is -1.92. The summed E-state index contributed by atoms with van der Waals surface area (Å²) in [5.74, 6) is 0.543. The van der Waals surface area contributed by atoms with E-state index in [4.69, 9.17) is 10.5 Å². The number of thiazole rings is 1. The van der Waals surface area contributed by atoms with Crippen molar-refractivity contribution in [1.82, 2.24) is 10.3 Å². The van der Waals surface area contributed by atoms with Gasteiger partial charge in [-0.3, -0.25) is 4.79 Å². The molecule has 1 heterocycles. The third kappa shape index (κ3) is 5.13. The monoisotopic (exact) mass is 319 g/mol. The average molecular weight is 319 g/mol. The van der Waals surface area contributed by atoms with Crippen LogP contribution in [0.2, 0.25) is 0 Å². The van der Waals surface area contributed by atoms with Crippen molar-refractivity contribution in [3.8, 4) is 5.75 Å². The fourth-order valence-corrected chi connectivity index (χ4v) is 2.47. The van der Waals surface area contributed by atoms with Crippen molar-refractivity contribution < 1.29 is 9.53 Å². The van der Waals surface area contributed by atoms with Crippen molar-refractivity contribution in [1.29, 1.82) is 0 Å². The van der Waals surface area contributed by atoms with Gasteiger partial charge in [0.15, 0.2) is 0 Å². The molecule has 118 valence electrons. The van der Waals surface area contributed by atoms with Gasteiger partial charge in [0.1, 0.15) is 12.4 Å². The van der Waals surface area contributed by atoms with Gasteiger partial charge in [0, 0.05) is 23.5 Å². The molecule has 1 atom stereocenters. The van der Waals surface area contributed by atoms with E-state index in [-0.39, 0.29) is 11.9 Å². The summed E-state index contributed by atoms with van der Waals surface area (Å²) in [5.41, 5.74) is 7.14. The first-order valence-electron chi connectivity index (χ1n) is 7.22. The van der Waals surface area contributed by atoms with Crippen molar-refractivity contribution in [2.24, 2.45) is 5.73 Å². The van der Waals surface area contributed by atoms with Gasteiger partial charge in [0.25, 0.3) is 5.91 Å². The quantitative estimate of drug-likeness (QED) is 0.822. The second-order valence-corrected chi connectivity index (χ2v) is 6.26. The second-order valence-electron chi connectivity index (χ2n) is 5.20. The van der Waals surface area contributed by atoms with Crippen LogP contribution in [0.4, 0.5) is 0 Å². The molecule has 1 aromatic heterocycles. The van der Waals surface area contributed by atoms with E-state index in [9.17, 15) is 4.79 Å². The Morgan fingerprint density at radius 3 is 3.00 bits per heavy atom. The molecule has 2 rings (SSSR count). The lowest BCUT2D eigenvalue weighted by Gasteiger charge is -2.09. The molecule has 0 bridgehead atoms. The number of carbonyl (C=O) groups is 1. The van der Waals surface area contributed by atoms with Crippen molar-refractivity contribution >= 4 is 17.2 Å². The first kappa shape index (κ1) is 16.5. The number of nitrogens with zero attached hydrogens (tertiary/aromatic N) is 1. The molecule has 5 nitrogen and oxygen atoms in total. The highest BCUT2D eigenvalue weighted by molar-refractivity contribution is 7.09. The highest BCUT2D eigenvalue weighted by atomic mass is 32.1. The largest absolute Gasteiger partial charge is 0.487 e. The van der Waals surface area contributed by atoms with Gasteiger partial charge in [0.05, 0.1) is 10.7 Å². The summed E-state index contributed by atoms with van der Waals surface area (Å²) in [6.45, 7) is 4.85. The van der Waals surface area contributed by atoms with Gasteiger partial charge < -0.3 is 15.8 Å². The molecule has 0 spiro atoms. The molecule has 6 heteroatoms. The standard InChI is InChI=1S/C16H21N3O2S/c1-11(17)6-7-18-16(20)13-4-3-5-15(8-13)21-9-14-10-22-12(2)19-14/h3-5,8,10-11H,6-7,9,17H2,1-2H3,(H,18,20). The minimum absolute atomic E-state index is 0.0801. The normalized spacial score (nSPS) is 12.0. The SMILES string of the molecule is Cc1nc(COc2cccc(C(=O)NCCC(C)N)c2)cs1. The molecular weight excluding hydrogens is 298 g/mol. The van der Waals surface area contributed by atoms with E-state index in [1.165, 1.54) is 0 Å². The first-order chi connectivity index (χ1) is 10.5. The molecular formula is C16H21N3O2S. The number of nitrogens with two attached hydrogens (primary N) is 1. The average Bonchev–Trinajstić information content (AvgIpc) is 2.90. The summed E-state index contributed by atoms with van der Waals surface area (Å²) in [5, 5.41) is 5.84. The van der Waals surface area contributed by atoms with E-state index >= 15 is 0 Å². The maximum absolute atomic E-state index is 12.0. The van der Waals surface area contributed by atoms with Crippen molar-refractivity contribution in [3.05, 3.63) is 45.9 Å². The molecule has 0 aliphatic heterocycles. The topological polar surface area (TPSA) is 77.2 Å². The Bertz CT molecular complexity index is 625. The van der Waals surface area contributed by atoms with Crippen LogP contribution in [0, 0.1) is 6.92 Å². The van der Waals surface area contributed by atoms with E-state index in [0.717, 1.165) is 17.1 Å². The van der Waals surface area contributed by atoms with Crippen LogP contribution in [0.5, 0.6) is 5.75 Å². The van der Waals surface area contributed by atoms with Crippen LogP contribution in [0.3, 0.4) is 0 Å². The number of ether oxygens (including phenoxy) is 1. The lowest BCUT2D eigenvalue weighted by Crippen LogP contribution is -2.28. The van der Waals surface area contributed by atoms with Crippen LogP contribution in [0.25, 0.3) is 0 Å². The molecule has 1 amide bonds. The Kier molecular flexibility index (Phi) is 5.91. The summed E-state index contributed by atoms with van der Waals surface area (Å²) >= 11 is 1.59. The van der Waals surface area contributed by atoms with Gasteiger partial charge in [-0.25, -0.2) is 4.98 Å². The molecule has 0 saturated heterocycles. The summed E-state index contributed by atoms with van der Waals surface area (Å²) < 4.78 is 5.68. The summed E-state index contributed by atoms with van der Waals surface area (Å²) in [4.78, 5) is 16.4. The fourth-order valence-electron chi connectivity index (χ4n) is 1.87. The number of aryl methyl sites for hydroxylation is 1. The molecule has 0 aliphatic carbocycles. The van der Waals surface area contributed by atoms with Crippen LogP contribution >= 0.6 is 11.3 Å². The molecule has 0 saturated carbocycles. The Morgan fingerprint density at radius 1 is 1.50 bits per heavy atom. The fraction of sp³-hybridized carbons (Fsp3) is 0.375. The molecule has 0 aliphatic rings. The van der Waals surface area contributed by atoms with E-state index in [1.807, 2.05) is 31.4 Å². The Balaban J connectivity index is 1.90. The van der Waals surface area contributed by atoms with Gasteiger partial charge in [-0.2, -0.15) is 0 Å². The second kappa shape index (κ2) is 7.91. The van der Waals surface area contributed by atoms with E-state index in [0.29, 0.717) is 24.5 Å². The number of nitrogens with one attached hydrogen (secondary N) is 1. The predicted octanol–water partition coefficient (Wildman–Crippen LogP) is 2.50. The smallest absolute Gasteiger partial charge is 0.251 e. The number of aromatic nitrogens is 1. The number of amides is 1. The van der Waals surface area contributed by atoms with E-state index < -0.39 is 0 Å². The lowest BCUT2D eigenvalue weighted by molar-refractivity contribution is 0.0952. The molecule has 0 fully saturated rings. The van der Waals surface area contributed by atoms with E-state index in [2.05, 4.69) is 10.3 Å². The highest BCUT2D eigenvalue weighted by Crippen LogP contribution is 2.16. The minimum atomic E-state index is -0.115. The molecule has 3 N–H and O–H groups in total. The van der Waals surface area contributed by atoms with Gasteiger partial charge >= 0.3 is 0 Å². The van der Waals surface area contributed by atoms with Gasteiger partial charge in [0.2, 0.25) is 0 Å². The number of hydrogen-bond donors (Lipinski definition) is 2. The third-order valence-electron chi connectivity index (χ3n) is 3.03. The van der Waals surface area contributed by atoms with Crippen LogP contribution in [0.1, 0.15) is 34.4 Å². The number of hydrogen-bond acceptors (Lipinski definition) is 5. The molecule has 22 heavy (non-hydrogen) atoms. The third-order valence-corrected chi connectivity index (χ3v) is 3.86. The Labute approximate surface area is 134 Å². The van der Waals surface area contributed by atoms with Gasteiger partial charge in [-0.1, -0.05) is 6.07 Å². The molecule has 1 unspecified atom stereocenters. The van der Waals surface area contributed by atoms with Crippen molar-refractivity contribution in [3.63, 3.8) is 0 Å². The molecule has 0 radical (unpaired) electrons. The van der Waals surface area contributed by atoms with Crippen LogP contribution in [-0.4, -0.2) is 23.5 Å².